The Kier molecular flexibility index (Phi) is 7.56. The summed E-state index contributed by atoms with van der Waals surface area (Å²) < 4.78 is 61.1. The second-order valence-corrected chi connectivity index (χ2v) is 10.9. The third-order valence-corrected chi connectivity index (χ3v) is 7.65. The number of hydrogen-bond acceptors (Lipinski definition) is 7. The molecule has 1 aliphatic carbocycles. The summed E-state index contributed by atoms with van der Waals surface area (Å²) >= 11 is 0. The molecule has 226 valence electrons. The van der Waals surface area contributed by atoms with Gasteiger partial charge in [0.1, 0.15) is 29.4 Å². The molecule has 0 radical (unpaired) electrons. The van der Waals surface area contributed by atoms with Gasteiger partial charge in [0, 0.05) is 67.8 Å². The first-order valence-corrected chi connectivity index (χ1v) is 13.8. The number of carbonyl (C=O) groups excluding carboxylic acids is 1. The molecule has 3 heterocycles. The van der Waals surface area contributed by atoms with Crippen molar-refractivity contribution >= 4 is 34.3 Å². The maximum Gasteiger partial charge on any atom is 0.573 e. The van der Waals surface area contributed by atoms with Gasteiger partial charge in [0.25, 0.3) is 0 Å². The van der Waals surface area contributed by atoms with E-state index < -0.39 is 24.0 Å². The fraction of sp³-hybridized carbons (Fsp3) is 0.345. The van der Waals surface area contributed by atoms with E-state index in [1.54, 1.807) is 6.07 Å². The predicted octanol–water partition coefficient (Wildman–Crippen LogP) is 5.44. The molecule has 1 aliphatic heterocycles. The summed E-state index contributed by atoms with van der Waals surface area (Å²) in [5.41, 5.74) is 8.29. The van der Waals surface area contributed by atoms with E-state index in [1.165, 1.54) is 30.6 Å². The largest absolute Gasteiger partial charge is 0.573 e. The molecule has 2 amide bonds. The van der Waals surface area contributed by atoms with E-state index >= 15 is 4.39 Å². The lowest BCUT2D eigenvalue weighted by Crippen LogP contribution is -2.43. The van der Waals surface area contributed by atoms with Crippen molar-refractivity contribution < 1.29 is 27.1 Å². The third-order valence-electron chi connectivity index (χ3n) is 7.65. The van der Waals surface area contributed by atoms with Crippen molar-refractivity contribution in [3.05, 3.63) is 60.3 Å². The van der Waals surface area contributed by atoms with E-state index in [-0.39, 0.29) is 23.7 Å². The number of amides is 2. The number of nitrogens with two attached hydrogens (primary N) is 1. The molecule has 2 aromatic heterocycles. The summed E-state index contributed by atoms with van der Waals surface area (Å²) in [7, 11) is 1.99. The first-order chi connectivity index (χ1) is 20.5. The number of hydrogen-bond donors (Lipinski definition) is 3. The summed E-state index contributed by atoms with van der Waals surface area (Å²) in [6.45, 7) is 3.29. The zero-order valence-corrected chi connectivity index (χ0v) is 23.3. The minimum Gasteiger partial charge on any atom is -0.405 e. The van der Waals surface area contributed by atoms with Crippen molar-refractivity contribution in [1.29, 1.82) is 0 Å². The van der Waals surface area contributed by atoms with Crippen LogP contribution in [0.4, 0.5) is 39.5 Å². The number of carbonyl (C=O) groups is 1. The number of rotatable bonds is 7. The van der Waals surface area contributed by atoms with Crippen LogP contribution in [-0.4, -0.2) is 70.0 Å². The molecule has 2 aliphatic rings. The fourth-order valence-corrected chi connectivity index (χ4v) is 5.26. The zero-order chi connectivity index (χ0) is 30.3. The quantitative estimate of drug-likeness (QED) is 0.243. The Hall–Kier alpha value is -4.43. The van der Waals surface area contributed by atoms with Crippen LogP contribution in [0.2, 0.25) is 0 Å². The molecular weight excluding hydrogens is 568 g/mol. The highest BCUT2D eigenvalue weighted by Gasteiger charge is 2.33. The van der Waals surface area contributed by atoms with Gasteiger partial charge >= 0.3 is 12.4 Å². The van der Waals surface area contributed by atoms with Gasteiger partial charge in [-0.1, -0.05) is 12.1 Å². The number of ether oxygens (including phenoxy) is 1. The topological polar surface area (TPSA) is 114 Å². The molecule has 1 saturated heterocycles. The minimum absolute atomic E-state index is 0.0549. The maximum atomic E-state index is 15.2. The molecule has 14 heteroatoms. The van der Waals surface area contributed by atoms with E-state index in [2.05, 4.69) is 30.2 Å². The van der Waals surface area contributed by atoms with Gasteiger partial charge in [-0.2, -0.15) is 0 Å². The van der Waals surface area contributed by atoms with Crippen molar-refractivity contribution in [2.24, 2.45) is 0 Å². The number of piperazine rings is 1. The Balaban J connectivity index is 1.18. The van der Waals surface area contributed by atoms with Crippen LogP contribution in [0.3, 0.4) is 0 Å². The first kappa shape index (κ1) is 28.7. The van der Waals surface area contributed by atoms with Crippen LogP contribution in [0.1, 0.15) is 24.4 Å². The van der Waals surface area contributed by atoms with Crippen LogP contribution < -0.4 is 21.1 Å². The molecule has 2 fully saturated rings. The highest BCUT2D eigenvalue weighted by atomic mass is 19.4. The number of nitrogens with one attached hydrogen (secondary N) is 2. The molecule has 6 rings (SSSR count). The van der Waals surface area contributed by atoms with Crippen molar-refractivity contribution in [3.8, 4) is 16.9 Å². The monoisotopic (exact) mass is 598 g/mol. The Bertz CT molecular complexity index is 1660. The number of anilines is 3. The van der Waals surface area contributed by atoms with Crippen LogP contribution in [0, 0.1) is 5.82 Å². The fourth-order valence-electron chi connectivity index (χ4n) is 5.26. The number of nitrogen functional groups attached to an aromatic ring is 1. The Morgan fingerprint density at radius 3 is 2.53 bits per heavy atom. The molecule has 0 spiro atoms. The minimum atomic E-state index is -4.91. The standard InChI is InChI=1S/C29H30F4N8O2/c1-39-8-10-40(11-9-39)14-18-2-4-19(13-24(18)43-29(31,32)33)37-28(42)38-23-7-3-17(12-22(23)30)21-15-41(20-5-6-20)27-25(21)26(34)35-16-36-27/h2-4,7,12-13,15-16,20H,5-6,8-11,14H2,1H3,(H2,34,35,36)(H2,37,38,42). The summed E-state index contributed by atoms with van der Waals surface area (Å²) in [4.78, 5) is 25.4. The summed E-state index contributed by atoms with van der Waals surface area (Å²) in [6.07, 6.45) is 0.400. The van der Waals surface area contributed by atoms with Crippen LogP contribution in [0.15, 0.2) is 48.9 Å². The molecule has 0 atom stereocenters. The average Bonchev–Trinajstić information content (AvgIpc) is 3.71. The lowest BCUT2D eigenvalue weighted by Gasteiger charge is -2.32. The number of nitrogens with zero attached hydrogens (tertiary/aromatic N) is 5. The van der Waals surface area contributed by atoms with Gasteiger partial charge in [0.15, 0.2) is 0 Å². The number of likely N-dealkylation sites (N-methyl/N-ethyl adjacent to an activating group) is 1. The van der Waals surface area contributed by atoms with Gasteiger partial charge in [0.05, 0.1) is 11.1 Å². The molecule has 0 unspecified atom stereocenters. The average molecular weight is 599 g/mol. The number of fused-ring (bicyclic) bond motifs is 1. The third kappa shape index (κ3) is 6.49. The van der Waals surface area contributed by atoms with Crippen molar-refractivity contribution in [3.63, 3.8) is 0 Å². The molecule has 4 N–H and O–H groups in total. The Labute approximate surface area is 244 Å². The summed E-state index contributed by atoms with van der Waals surface area (Å²) in [5, 5.41) is 5.50. The van der Waals surface area contributed by atoms with Crippen molar-refractivity contribution in [2.45, 2.75) is 31.8 Å². The molecule has 43 heavy (non-hydrogen) atoms. The molecular formula is C29H30F4N8O2. The van der Waals surface area contributed by atoms with Gasteiger partial charge in [0.2, 0.25) is 0 Å². The Morgan fingerprint density at radius 1 is 1.07 bits per heavy atom. The number of urea groups is 1. The number of aromatic nitrogens is 3. The van der Waals surface area contributed by atoms with Gasteiger partial charge in [-0.25, -0.2) is 19.2 Å². The van der Waals surface area contributed by atoms with Crippen molar-refractivity contribution in [1.82, 2.24) is 24.3 Å². The predicted molar refractivity (Wildman–Crippen MR) is 154 cm³/mol. The smallest absolute Gasteiger partial charge is 0.405 e. The first-order valence-electron chi connectivity index (χ1n) is 13.8. The molecule has 2 aromatic carbocycles. The van der Waals surface area contributed by atoms with Crippen molar-refractivity contribution in [2.75, 3.05) is 49.6 Å². The zero-order valence-electron chi connectivity index (χ0n) is 23.3. The van der Waals surface area contributed by atoms with E-state index in [1.807, 2.05) is 22.7 Å². The molecule has 4 aromatic rings. The van der Waals surface area contributed by atoms with E-state index in [4.69, 9.17) is 5.73 Å². The Morgan fingerprint density at radius 2 is 1.84 bits per heavy atom. The van der Waals surface area contributed by atoms with Crippen LogP contribution in [0.5, 0.6) is 5.75 Å². The van der Waals surface area contributed by atoms with E-state index in [9.17, 15) is 18.0 Å². The van der Waals surface area contributed by atoms with E-state index in [0.29, 0.717) is 46.9 Å². The molecule has 1 saturated carbocycles. The molecule has 10 nitrogen and oxygen atoms in total. The maximum absolute atomic E-state index is 15.2. The SMILES string of the molecule is CN1CCN(Cc2ccc(NC(=O)Nc3ccc(-c4cn(C5CC5)c5ncnc(N)c45)cc3F)cc2OC(F)(F)F)CC1. The van der Waals surface area contributed by atoms with Gasteiger partial charge in [-0.05, 0) is 43.7 Å². The van der Waals surface area contributed by atoms with Gasteiger partial charge in [-0.3, -0.25) is 4.90 Å². The van der Waals surface area contributed by atoms with E-state index in [0.717, 1.165) is 32.0 Å². The lowest BCUT2D eigenvalue weighted by molar-refractivity contribution is -0.275. The molecule has 0 bridgehead atoms. The summed E-state index contributed by atoms with van der Waals surface area (Å²) in [5.74, 6) is -0.836. The normalized spacial score (nSPS) is 16.4. The second-order valence-electron chi connectivity index (χ2n) is 10.9. The van der Waals surface area contributed by atoms with Crippen LogP contribution in [-0.2, 0) is 6.54 Å². The van der Waals surface area contributed by atoms with Gasteiger partial charge in [-0.15, -0.1) is 13.2 Å². The lowest BCUT2D eigenvalue weighted by atomic mass is 10.1. The summed E-state index contributed by atoms with van der Waals surface area (Å²) in [6, 6.07) is 7.87. The van der Waals surface area contributed by atoms with Gasteiger partial charge < -0.3 is 30.6 Å². The highest BCUT2D eigenvalue weighted by molar-refractivity contribution is 6.02. The number of alkyl halides is 3. The number of benzene rings is 2. The number of halogens is 4. The second kappa shape index (κ2) is 11.3. The van der Waals surface area contributed by atoms with Crippen LogP contribution in [0.25, 0.3) is 22.2 Å². The van der Waals surface area contributed by atoms with Crippen LogP contribution >= 0.6 is 0 Å². The highest BCUT2D eigenvalue weighted by Crippen LogP contribution is 2.42.